The molecule has 2 aromatic rings. The number of carboxylic acid groups (broad SMARTS) is 1. The summed E-state index contributed by atoms with van der Waals surface area (Å²) in [6, 6.07) is 11.4. The van der Waals surface area contributed by atoms with Gasteiger partial charge >= 0.3 is 5.97 Å². The van der Waals surface area contributed by atoms with Gasteiger partial charge in [0.2, 0.25) is 0 Å². The maximum Gasteiger partial charge on any atom is 0.336 e. The topological polar surface area (TPSA) is 46.5 Å². The Labute approximate surface area is 186 Å². The highest BCUT2D eigenvalue weighted by atomic mass is 16.5. The van der Waals surface area contributed by atoms with Crippen molar-refractivity contribution in [3.63, 3.8) is 0 Å². The smallest absolute Gasteiger partial charge is 0.336 e. The van der Waals surface area contributed by atoms with Crippen molar-refractivity contribution in [2.24, 2.45) is 0 Å². The van der Waals surface area contributed by atoms with Crippen LogP contribution in [0.1, 0.15) is 86.5 Å². The summed E-state index contributed by atoms with van der Waals surface area (Å²) >= 11 is 0. The minimum Gasteiger partial charge on any atom is -0.480 e. The number of fused-ring (bicyclic) bond motifs is 1. The second-order valence-corrected chi connectivity index (χ2v) is 9.42. The van der Waals surface area contributed by atoms with Crippen molar-refractivity contribution in [3.05, 3.63) is 64.2 Å². The van der Waals surface area contributed by atoms with Crippen molar-refractivity contribution in [1.29, 1.82) is 0 Å². The molecule has 0 spiro atoms. The van der Waals surface area contributed by atoms with E-state index in [1.165, 1.54) is 11.1 Å². The van der Waals surface area contributed by atoms with Crippen LogP contribution in [0.4, 0.5) is 0 Å². The van der Waals surface area contributed by atoms with Gasteiger partial charge in [-0.2, -0.15) is 0 Å². The molecule has 2 aromatic carbocycles. The number of aromatic carboxylic acids is 1. The molecule has 0 unspecified atom stereocenters. The summed E-state index contributed by atoms with van der Waals surface area (Å²) in [6.07, 6.45) is 6.87. The first-order valence-corrected chi connectivity index (χ1v) is 10.9. The molecule has 162 valence electrons. The molecule has 3 heteroatoms. The first-order chi connectivity index (χ1) is 14.7. The van der Waals surface area contributed by atoms with Crippen molar-refractivity contribution >= 4 is 18.1 Å². The average molecular weight is 417 g/mol. The zero-order valence-corrected chi connectivity index (χ0v) is 19.2. The number of ether oxygens (including phenoxy) is 1. The van der Waals surface area contributed by atoms with Crippen LogP contribution in [-0.2, 0) is 10.8 Å². The van der Waals surface area contributed by atoms with E-state index in [2.05, 4.69) is 51.7 Å². The lowest BCUT2D eigenvalue weighted by Gasteiger charge is -2.42. The van der Waals surface area contributed by atoms with E-state index in [1.54, 1.807) is 12.1 Å². The fourth-order valence-electron chi connectivity index (χ4n) is 4.17. The van der Waals surface area contributed by atoms with Crippen LogP contribution in [0.2, 0.25) is 0 Å². The maximum absolute atomic E-state index is 11.6. The van der Waals surface area contributed by atoms with Crippen LogP contribution in [0.15, 0.2) is 36.4 Å². The Kier molecular flexibility index (Phi) is 6.60. The van der Waals surface area contributed by atoms with Gasteiger partial charge in [-0.05, 0) is 58.6 Å². The van der Waals surface area contributed by atoms with Crippen molar-refractivity contribution in [3.8, 4) is 17.6 Å². The van der Waals surface area contributed by atoms with E-state index in [1.807, 2.05) is 31.2 Å². The minimum absolute atomic E-state index is 0.0764. The van der Waals surface area contributed by atoms with E-state index in [0.717, 1.165) is 30.6 Å². The van der Waals surface area contributed by atoms with Gasteiger partial charge in [0.25, 0.3) is 0 Å². The summed E-state index contributed by atoms with van der Waals surface area (Å²) < 4.78 is 6.09. The van der Waals surface area contributed by atoms with Gasteiger partial charge in [0, 0.05) is 12.0 Å². The van der Waals surface area contributed by atoms with Crippen LogP contribution in [-0.4, -0.2) is 17.7 Å². The van der Waals surface area contributed by atoms with Crippen molar-refractivity contribution < 1.29 is 14.6 Å². The molecule has 0 aromatic heterocycles. The highest BCUT2D eigenvalue weighted by molar-refractivity contribution is 5.93. The molecule has 0 fully saturated rings. The van der Waals surface area contributed by atoms with Crippen LogP contribution < -0.4 is 4.74 Å². The van der Waals surface area contributed by atoms with E-state index < -0.39 is 5.97 Å². The minimum atomic E-state index is -0.931. The summed E-state index contributed by atoms with van der Waals surface area (Å²) in [7, 11) is 0. The van der Waals surface area contributed by atoms with Crippen molar-refractivity contribution in [1.82, 2.24) is 0 Å². The largest absolute Gasteiger partial charge is 0.480 e. The number of hydrogen-bond acceptors (Lipinski definition) is 2. The molecule has 0 saturated carbocycles. The van der Waals surface area contributed by atoms with E-state index in [9.17, 15) is 9.90 Å². The normalized spacial score (nSPS) is 16.3. The molecule has 0 amide bonds. The molecular weight excluding hydrogens is 384 g/mol. The summed E-state index contributed by atoms with van der Waals surface area (Å²) in [5.74, 6) is 5.96. The highest BCUT2D eigenvalue weighted by Gasteiger charge is 2.37. The number of rotatable bonds is 5. The summed E-state index contributed by atoms with van der Waals surface area (Å²) in [4.78, 5) is 11.6. The van der Waals surface area contributed by atoms with Gasteiger partial charge in [0.1, 0.15) is 12.4 Å². The average Bonchev–Trinajstić information content (AvgIpc) is 2.73. The lowest BCUT2D eigenvalue weighted by atomic mass is 9.63. The van der Waals surface area contributed by atoms with Gasteiger partial charge in [-0.3, -0.25) is 0 Å². The van der Waals surface area contributed by atoms with Crippen molar-refractivity contribution in [2.45, 2.75) is 64.7 Å². The second kappa shape index (κ2) is 9.02. The van der Waals surface area contributed by atoms with Gasteiger partial charge < -0.3 is 9.84 Å². The molecule has 3 rings (SSSR count). The van der Waals surface area contributed by atoms with E-state index in [-0.39, 0.29) is 16.4 Å². The Hall–Kier alpha value is -2.99. The molecule has 31 heavy (non-hydrogen) atoms. The lowest BCUT2D eigenvalue weighted by Crippen LogP contribution is -2.34. The first-order valence-electron chi connectivity index (χ1n) is 10.9. The Morgan fingerprint density at radius 2 is 1.61 bits per heavy atom. The Morgan fingerprint density at radius 3 is 2.26 bits per heavy atom. The number of carboxylic acids is 1. The number of hydrogen-bond donors (Lipinski definition) is 1. The molecule has 1 aliphatic carbocycles. The fraction of sp³-hybridized carbons (Fsp3) is 0.393. The molecule has 0 atom stereocenters. The summed E-state index contributed by atoms with van der Waals surface area (Å²) in [6.45, 7) is 11.5. The molecule has 0 radical (unpaired) electrons. The van der Waals surface area contributed by atoms with Crippen LogP contribution in [0.25, 0.3) is 12.2 Å². The molecule has 0 bridgehead atoms. The molecular formula is C28H32O3. The van der Waals surface area contributed by atoms with Crippen LogP contribution >= 0.6 is 0 Å². The van der Waals surface area contributed by atoms with E-state index in [4.69, 9.17) is 4.74 Å². The fourth-order valence-corrected chi connectivity index (χ4v) is 4.17. The Bertz CT molecular complexity index is 1060. The molecule has 0 saturated heterocycles. The second-order valence-electron chi connectivity index (χ2n) is 9.42. The standard InChI is InChI=1S/C28H32O3/c1-6-7-10-17-31-25-19-24-23(27(2,3)15-16-28(24,4)5)18-21(25)14-13-20-11-8-9-12-22(20)26(29)30/h8-9,11-14,18-19H,6,15-17H2,1-5H3,(H,29,30). The van der Waals surface area contributed by atoms with Gasteiger partial charge in [-0.25, -0.2) is 4.79 Å². The number of benzene rings is 2. The maximum atomic E-state index is 11.6. The molecule has 1 aliphatic rings. The van der Waals surface area contributed by atoms with Crippen LogP contribution in [0.3, 0.4) is 0 Å². The Morgan fingerprint density at radius 1 is 1.00 bits per heavy atom. The zero-order valence-electron chi connectivity index (χ0n) is 19.2. The zero-order chi connectivity index (χ0) is 22.6. The van der Waals surface area contributed by atoms with E-state index in [0.29, 0.717) is 12.2 Å². The third-order valence-corrected chi connectivity index (χ3v) is 6.22. The summed E-state index contributed by atoms with van der Waals surface area (Å²) in [5, 5.41) is 9.49. The monoisotopic (exact) mass is 416 g/mol. The molecule has 0 heterocycles. The predicted octanol–water partition coefficient (Wildman–Crippen LogP) is 6.70. The first kappa shape index (κ1) is 22.7. The van der Waals surface area contributed by atoms with Gasteiger partial charge in [0.15, 0.2) is 0 Å². The van der Waals surface area contributed by atoms with Crippen molar-refractivity contribution in [2.75, 3.05) is 6.61 Å². The Balaban J connectivity index is 2.10. The quantitative estimate of drug-likeness (QED) is 0.436. The molecule has 0 aliphatic heterocycles. The van der Waals surface area contributed by atoms with Crippen LogP contribution in [0.5, 0.6) is 5.75 Å². The van der Waals surface area contributed by atoms with Crippen LogP contribution in [0, 0.1) is 11.8 Å². The third-order valence-electron chi connectivity index (χ3n) is 6.22. The third kappa shape index (κ3) is 5.02. The number of carbonyl (C=O) groups is 1. The lowest BCUT2D eigenvalue weighted by molar-refractivity contribution is 0.0696. The molecule has 1 N–H and O–H groups in total. The highest BCUT2D eigenvalue weighted by Crippen LogP contribution is 2.47. The van der Waals surface area contributed by atoms with Gasteiger partial charge in [-0.15, -0.1) is 5.92 Å². The van der Waals surface area contributed by atoms with E-state index >= 15 is 0 Å². The van der Waals surface area contributed by atoms with Gasteiger partial charge in [0.05, 0.1) is 5.56 Å². The predicted molar refractivity (Wildman–Crippen MR) is 128 cm³/mol. The SMILES string of the molecule is CCC#CCOc1cc2c(cc1C=Cc1ccccc1C(=O)O)C(C)(C)CCC2(C)C. The van der Waals surface area contributed by atoms with Gasteiger partial charge in [-0.1, -0.05) is 70.9 Å². The summed E-state index contributed by atoms with van der Waals surface area (Å²) in [5.41, 5.74) is 4.72. The molecule has 3 nitrogen and oxygen atoms in total.